The van der Waals surface area contributed by atoms with E-state index in [2.05, 4.69) is 23.5 Å². The molecule has 2 aromatic rings. The van der Waals surface area contributed by atoms with Crippen LogP contribution in [0.5, 0.6) is 5.75 Å². The lowest BCUT2D eigenvalue weighted by Crippen LogP contribution is -2.12. The van der Waals surface area contributed by atoms with Crippen molar-refractivity contribution in [2.24, 2.45) is 0 Å². The van der Waals surface area contributed by atoms with Gasteiger partial charge in [0.25, 0.3) is 0 Å². The lowest BCUT2D eigenvalue weighted by atomic mass is 10.1. The summed E-state index contributed by atoms with van der Waals surface area (Å²) in [6.45, 7) is 0.595. The molecule has 1 heterocycles. The van der Waals surface area contributed by atoms with Crippen LogP contribution in [0.1, 0.15) is 28.5 Å². The van der Waals surface area contributed by atoms with Crippen molar-refractivity contribution in [2.75, 3.05) is 7.05 Å². The Morgan fingerprint density at radius 1 is 1.37 bits per heavy atom. The molecule has 0 saturated carbocycles. The summed E-state index contributed by atoms with van der Waals surface area (Å²) in [5.41, 5.74) is 2.73. The molecule has 1 aliphatic rings. The molecule has 1 aliphatic carbocycles. The first-order valence-electron chi connectivity index (χ1n) is 6.44. The van der Waals surface area contributed by atoms with Crippen molar-refractivity contribution >= 4 is 22.9 Å². The predicted molar refractivity (Wildman–Crippen MR) is 80.2 cm³/mol. The lowest BCUT2D eigenvalue weighted by Gasteiger charge is -2.12. The molecule has 0 amide bonds. The van der Waals surface area contributed by atoms with Crippen LogP contribution in [0.4, 0.5) is 0 Å². The predicted octanol–water partition coefficient (Wildman–Crippen LogP) is 4.19. The standard InChI is InChI=1S/C15H16ClNOS/c1-17-13-7-6-12-11(13)3-2-4-14(12)18-9-10-5-8-15(16)19-10/h2-5,8,13,17H,6-7,9H2,1H3. The van der Waals surface area contributed by atoms with Crippen LogP contribution in [-0.4, -0.2) is 7.05 Å². The second-order valence-corrected chi connectivity index (χ2v) is 6.50. The lowest BCUT2D eigenvalue weighted by molar-refractivity contribution is 0.307. The van der Waals surface area contributed by atoms with Crippen LogP contribution >= 0.6 is 22.9 Å². The van der Waals surface area contributed by atoms with Gasteiger partial charge in [0, 0.05) is 10.9 Å². The zero-order valence-electron chi connectivity index (χ0n) is 10.8. The summed E-state index contributed by atoms with van der Waals surface area (Å²) in [5, 5.41) is 3.35. The van der Waals surface area contributed by atoms with E-state index in [9.17, 15) is 0 Å². The van der Waals surface area contributed by atoms with Crippen molar-refractivity contribution in [2.45, 2.75) is 25.5 Å². The number of thiophene rings is 1. The highest BCUT2D eigenvalue weighted by molar-refractivity contribution is 7.16. The molecule has 1 unspecified atom stereocenters. The van der Waals surface area contributed by atoms with Gasteiger partial charge < -0.3 is 10.1 Å². The van der Waals surface area contributed by atoms with Gasteiger partial charge in [0.1, 0.15) is 12.4 Å². The van der Waals surface area contributed by atoms with E-state index in [4.69, 9.17) is 16.3 Å². The number of halogens is 1. The second-order valence-electron chi connectivity index (χ2n) is 4.70. The molecule has 0 fully saturated rings. The first-order valence-corrected chi connectivity index (χ1v) is 7.63. The van der Waals surface area contributed by atoms with Gasteiger partial charge in [-0.1, -0.05) is 23.7 Å². The van der Waals surface area contributed by atoms with E-state index >= 15 is 0 Å². The van der Waals surface area contributed by atoms with Crippen LogP contribution in [0.15, 0.2) is 30.3 Å². The van der Waals surface area contributed by atoms with Crippen molar-refractivity contribution in [3.63, 3.8) is 0 Å². The normalized spacial score (nSPS) is 17.5. The van der Waals surface area contributed by atoms with Gasteiger partial charge in [-0.2, -0.15) is 0 Å². The Balaban J connectivity index is 1.77. The van der Waals surface area contributed by atoms with E-state index < -0.39 is 0 Å². The number of benzene rings is 1. The maximum absolute atomic E-state index is 5.97. The van der Waals surface area contributed by atoms with Crippen molar-refractivity contribution in [3.8, 4) is 5.75 Å². The number of hydrogen-bond donors (Lipinski definition) is 1. The fourth-order valence-electron chi connectivity index (χ4n) is 2.63. The Bertz CT molecular complexity index is 581. The van der Waals surface area contributed by atoms with Crippen molar-refractivity contribution in [3.05, 3.63) is 50.7 Å². The van der Waals surface area contributed by atoms with E-state index in [-0.39, 0.29) is 0 Å². The molecule has 2 nitrogen and oxygen atoms in total. The molecule has 4 heteroatoms. The van der Waals surface area contributed by atoms with E-state index in [1.165, 1.54) is 11.1 Å². The van der Waals surface area contributed by atoms with Crippen LogP contribution in [-0.2, 0) is 13.0 Å². The SMILES string of the molecule is CNC1CCc2c(OCc3ccc(Cl)s3)cccc21. The Hall–Kier alpha value is -1.03. The number of rotatable bonds is 4. The molecular weight excluding hydrogens is 278 g/mol. The summed E-state index contributed by atoms with van der Waals surface area (Å²) < 4.78 is 6.78. The number of hydrogen-bond acceptors (Lipinski definition) is 3. The number of fused-ring (bicyclic) bond motifs is 1. The van der Waals surface area contributed by atoms with Crippen molar-refractivity contribution in [1.82, 2.24) is 5.32 Å². The molecule has 1 N–H and O–H groups in total. The van der Waals surface area contributed by atoms with Gasteiger partial charge in [-0.3, -0.25) is 0 Å². The number of nitrogens with one attached hydrogen (secondary N) is 1. The molecule has 1 atom stereocenters. The minimum atomic E-state index is 0.467. The highest BCUT2D eigenvalue weighted by atomic mass is 35.5. The van der Waals surface area contributed by atoms with Crippen LogP contribution in [0.25, 0.3) is 0 Å². The van der Waals surface area contributed by atoms with Gasteiger partial charge in [-0.05, 0) is 49.2 Å². The summed E-state index contributed by atoms with van der Waals surface area (Å²) in [6, 6.07) is 10.7. The molecule has 0 saturated heterocycles. The highest BCUT2D eigenvalue weighted by Crippen LogP contribution is 2.37. The first kappa shape index (κ1) is 13.0. The van der Waals surface area contributed by atoms with Crippen molar-refractivity contribution < 1.29 is 4.74 Å². The Morgan fingerprint density at radius 3 is 3.00 bits per heavy atom. The van der Waals surface area contributed by atoms with Crippen LogP contribution in [0, 0.1) is 0 Å². The Morgan fingerprint density at radius 2 is 2.26 bits per heavy atom. The average molecular weight is 294 g/mol. The second kappa shape index (κ2) is 5.53. The van der Waals surface area contributed by atoms with E-state index in [1.54, 1.807) is 11.3 Å². The van der Waals surface area contributed by atoms with Gasteiger partial charge in [-0.25, -0.2) is 0 Å². The fraction of sp³-hybridized carbons (Fsp3) is 0.333. The topological polar surface area (TPSA) is 21.3 Å². The fourth-order valence-corrected chi connectivity index (χ4v) is 3.63. The summed E-state index contributed by atoms with van der Waals surface area (Å²) in [4.78, 5) is 1.16. The molecule has 100 valence electrons. The van der Waals surface area contributed by atoms with Crippen LogP contribution < -0.4 is 10.1 Å². The summed E-state index contributed by atoms with van der Waals surface area (Å²) >= 11 is 7.50. The zero-order valence-corrected chi connectivity index (χ0v) is 12.4. The molecule has 0 aliphatic heterocycles. The average Bonchev–Trinajstić information content (AvgIpc) is 3.02. The van der Waals surface area contributed by atoms with Gasteiger partial charge in [0.15, 0.2) is 0 Å². The molecule has 0 radical (unpaired) electrons. The highest BCUT2D eigenvalue weighted by Gasteiger charge is 2.23. The monoisotopic (exact) mass is 293 g/mol. The van der Waals surface area contributed by atoms with Crippen LogP contribution in [0.2, 0.25) is 4.34 Å². The maximum Gasteiger partial charge on any atom is 0.123 e. The zero-order chi connectivity index (χ0) is 13.2. The Kier molecular flexibility index (Phi) is 3.78. The molecule has 19 heavy (non-hydrogen) atoms. The van der Waals surface area contributed by atoms with Crippen molar-refractivity contribution in [1.29, 1.82) is 0 Å². The van der Waals surface area contributed by atoms with Gasteiger partial charge >= 0.3 is 0 Å². The molecule has 1 aromatic carbocycles. The smallest absolute Gasteiger partial charge is 0.123 e. The van der Waals surface area contributed by atoms with Gasteiger partial charge in [0.2, 0.25) is 0 Å². The van der Waals surface area contributed by atoms with E-state index in [0.29, 0.717) is 12.6 Å². The molecule has 0 spiro atoms. The van der Waals surface area contributed by atoms with Gasteiger partial charge in [-0.15, -0.1) is 11.3 Å². The largest absolute Gasteiger partial charge is 0.488 e. The quantitative estimate of drug-likeness (QED) is 0.913. The van der Waals surface area contributed by atoms with E-state index in [1.807, 2.05) is 19.2 Å². The third-order valence-electron chi connectivity index (χ3n) is 3.57. The first-order chi connectivity index (χ1) is 9.28. The summed E-state index contributed by atoms with van der Waals surface area (Å²) in [6.07, 6.45) is 2.24. The minimum Gasteiger partial charge on any atom is -0.488 e. The number of ether oxygens (including phenoxy) is 1. The van der Waals surface area contributed by atoms with Gasteiger partial charge in [0.05, 0.1) is 4.34 Å². The molecular formula is C15H16ClNOS. The van der Waals surface area contributed by atoms with E-state index in [0.717, 1.165) is 27.8 Å². The molecule has 0 bridgehead atoms. The van der Waals surface area contributed by atoms with Crippen LogP contribution in [0.3, 0.4) is 0 Å². The summed E-state index contributed by atoms with van der Waals surface area (Å²) in [5.74, 6) is 1.01. The third kappa shape index (κ3) is 2.64. The third-order valence-corrected chi connectivity index (χ3v) is 4.78. The Labute approximate surface area is 122 Å². The maximum atomic E-state index is 5.97. The molecule has 3 rings (SSSR count). The summed E-state index contributed by atoms with van der Waals surface area (Å²) in [7, 11) is 2.01. The minimum absolute atomic E-state index is 0.467. The molecule has 1 aromatic heterocycles.